The van der Waals surface area contributed by atoms with Crippen LogP contribution >= 0.6 is 0 Å². The highest BCUT2D eigenvalue weighted by Gasteiger charge is 2.24. The molecule has 0 saturated carbocycles. The molecule has 1 unspecified atom stereocenters. The van der Waals surface area contributed by atoms with Crippen LogP contribution in [0.25, 0.3) is 16.7 Å². The van der Waals surface area contributed by atoms with E-state index in [1.165, 1.54) is 24.3 Å². The van der Waals surface area contributed by atoms with Gasteiger partial charge in [0.05, 0.1) is 19.3 Å². The van der Waals surface area contributed by atoms with E-state index in [0.717, 1.165) is 25.7 Å². The first-order valence-corrected chi connectivity index (χ1v) is 10.4. The highest BCUT2D eigenvalue weighted by Crippen LogP contribution is 2.35. The predicted octanol–water partition coefficient (Wildman–Crippen LogP) is 7.06. The fourth-order valence-corrected chi connectivity index (χ4v) is 3.63. The smallest absolute Gasteiger partial charge is 0.201 e. The van der Waals surface area contributed by atoms with Crippen molar-refractivity contribution in [3.8, 4) is 16.9 Å². The molecule has 6 heteroatoms. The molecule has 3 rings (SSSR count). The summed E-state index contributed by atoms with van der Waals surface area (Å²) in [6, 6.07) is 5.04. The second-order valence-corrected chi connectivity index (χ2v) is 7.35. The summed E-state index contributed by atoms with van der Waals surface area (Å²) in [4.78, 5) is 0. The van der Waals surface area contributed by atoms with Gasteiger partial charge in [-0.05, 0) is 37.5 Å². The van der Waals surface area contributed by atoms with E-state index in [-0.39, 0.29) is 41.8 Å². The van der Waals surface area contributed by atoms with E-state index in [1.807, 2.05) is 6.08 Å². The van der Waals surface area contributed by atoms with Crippen molar-refractivity contribution in [1.82, 2.24) is 0 Å². The minimum absolute atomic E-state index is 0.0788. The van der Waals surface area contributed by atoms with Crippen LogP contribution in [0.4, 0.5) is 17.6 Å². The fourth-order valence-electron chi connectivity index (χ4n) is 3.63. The summed E-state index contributed by atoms with van der Waals surface area (Å²) < 4.78 is 68.9. The lowest BCUT2D eigenvalue weighted by molar-refractivity contribution is 0.0645. The first-order valence-electron chi connectivity index (χ1n) is 10.4. The maximum absolute atomic E-state index is 14.8. The van der Waals surface area contributed by atoms with Crippen molar-refractivity contribution in [1.29, 1.82) is 0 Å². The molecule has 30 heavy (non-hydrogen) atoms. The van der Waals surface area contributed by atoms with E-state index >= 15 is 0 Å². The molecule has 1 heterocycles. The molecule has 0 saturated heterocycles. The number of hydrogen-bond acceptors (Lipinski definition) is 2. The van der Waals surface area contributed by atoms with Gasteiger partial charge < -0.3 is 9.47 Å². The minimum Gasteiger partial charge on any atom is -0.491 e. The Labute approximate surface area is 174 Å². The topological polar surface area (TPSA) is 18.5 Å². The van der Waals surface area contributed by atoms with Crippen LogP contribution in [0.3, 0.4) is 0 Å². The molecule has 0 spiro atoms. The van der Waals surface area contributed by atoms with E-state index in [4.69, 9.17) is 9.47 Å². The lowest BCUT2D eigenvalue weighted by Gasteiger charge is -2.23. The van der Waals surface area contributed by atoms with E-state index in [2.05, 4.69) is 6.92 Å². The van der Waals surface area contributed by atoms with Gasteiger partial charge in [0, 0.05) is 16.7 Å². The maximum Gasteiger partial charge on any atom is 0.201 e. The zero-order valence-electron chi connectivity index (χ0n) is 17.2. The molecule has 0 fully saturated rings. The quantitative estimate of drug-likeness (QED) is 0.335. The van der Waals surface area contributed by atoms with Crippen molar-refractivity contribution in [2.24, 2.45) is 0 Å². The third kappa shape index (κ3) is 4.69. The SMILES string of the molecule is CCCCCC1CC=C(c2ccc(-c3ccc(OCC)c(F)c3F)c(F)c2F)CO1. The summed E-state index contributed by atoms with van der Waals surface area (Å²) in [6.07, 6.45) is 6.88. The number of ether oxygens (including phenoxy) is 2. The molecule has 1 aliphatic rings. The Morgan fingerprint density at radius 2 is 1.50 bits per heavy atom. The van der Waals surface area contributed by atoms with Crippen molar-refractivity contribution >= 4 is 5.57 Å². The van der Waals surface area contributed by atoms with Crippen LogP contribution in [0.5, 0.6) is 5.75 Å². The second kappa shape index (κ2) is 10.1. The molecule has 0 bridgehead atoms. The molecule has 0 aliphatic carbocycles. The van der Waals surface area contributed by atoms with Gasteiger partial charge in [0.1, 0.15) is 0 Å². The zero-order valence-corrected chi connectivity index (χ0v) is 17.2. The van der Waals surface area contributed by atoms with Crippen LogP contribution in [0.1, 0.15) is 51.5 Å². The Morgan fingerprint density at radius 1 is 0.867 bits per heavy atom. The summed E-state index contributed by atoms with van der Waals surface area (Å²) in [5, 5.41) is 0. The van der Waals surface area contributed by atoms with Crippen molar-refractivity contribution in [2.75, 3.05) is 13.2 Å². The number of rotatable bonds is 8. The Morgan fingerprint density at radius 3 is 2.13 bits per heavy atom. The largest absolute Gasteiger partial charge is 0.491 e. The summed E-state index contributed by atoms with van der Waals surface area (Å²) in [5.74, 6) is -5.09. The molecule has 0 aromatic heterocycles. The average Bonchev–Trinajstić information content (AvgIpc) is 2.75. The van der Waals surface area contributed by atoms with Crippen LogP contribution in [0.2, 0.25) is 0 Å². The minimum atomic E-state index is -1.28. The fraction of sp³-hybridized carbons (Fsp3) is 0.417. The molecular formula is C24H26F4O2. The van der Waals surface area contributed by atoms with Gasteiger partial charge in [-0.25, -0.2) is 13.2 Å². The van der Waals surface area contributed by atoms with Gasteiger partial charge in [0.2, 0.25) is 5.82 Å². The molecule has 2 nitrogen and oxygen atoms in total. The van der Waals surface area contributed by atoms with E-state index in [9.17, 15) is 17.6 Å². The monoisotopic (exact) mass is 422 g/mol. The van der Waals surface area contributed by atoms with Crippen LogP contribution in [0, 0.1) is 23.3 Å². The molecule has 0 amide bonds. The first-order chi connectivity index (χ1) is 14.5. The van der Waals surface area contributed by atoms with Crippen molar-refractivity contribution < 1.29 is 27.0 Å². The normalized spacial score (nSPS) is 16.5. The Kier molecular flexibility index (Phi) is 7.53. The van der Waals surface area contributed by atoms with E-state index < -0.39 is 23.3 Å². The van der Waals surface area contributed by atoms with Crippen LogP contribution < -0.4 is 4.74 Å². The summed E-state index contributed by atoms with van der Waals surface area (Å²) in [5.41, 5.74) is -0.0626. The Balaban J connectivity index is 1.84. The molecule has 2 aromatic carbocycles. The highest BCUT2D eigenvalue weighted by molar-refractivity contribution is 5.73. The van der Waals surface area contributed by atoms with Gasteiger partial charge in [0.15, 0.2) is 23.2 Å². The average molecular weight is 422 g/mol. The third-order valence-corrected chi connectivity index (χ3v) is 5.30. The summed E-state index contributed by atoms with van der Waals surface area (Å²) >= 11 is 0. The van der Waals surface area contributed by atoms with E-state index in [0.29, 0.717) is 12.0 Å². The zero-order chi connectivity index (χ0) is 21.7. The van der Waals surface area contributed by atoms with Gasteiger partial charge >= 0.3 is 0 Å². The van der Waals surface area contributed by atoms with Gasteiger partial charge in [-0.1, -0.05) is 44.4 Å². The maximum atomic E-state index is 14.8. The van der Waals surface area contributed by atoms with Gasteiger partial charge in [-0.2, -0.15) is 4.39 Å². The summed E-state index contributed by atoms with van der Waals surface area (Å²) in [7, 11) is 0. The van der Waals surface area contributed by atoms with Crippen molar-refractivity contribution in [3.05, 3.63) is 59.2 Å². The van der Waals surface area contributed by atoms with Crippen LogP contribution in [0.15, 0.2) is 30.3 Å². The van der Waals surface area contributed by atoms with Crippen molar-refractivity contribution in [2.45, 2.75) is 52.1 Å². The lowest BCUT2D eigenvalue weighted by atomic mass is 9.96. The Bertz CT molecular complexity index is 924. The molecular weight excluding hydrogens is 396 g/mol. The molecule has 2 aromatic rings. The van der Waals surface area contributed by atoms with Gasteiger partial charge in [-0.3, -0.25) is 0 Å². The van der Waals surface area contributed by atoms with Crippen LogP contribution in [-0.4, -0.2) is 19.3 Å². The Hall–Kier alpha value is -2.34. The predicted molar refractivity (Wildman–Crippen MR) is 109 cm³/mol. The second-order valence-electron chi connectivity index (χ2n) is 7.35. The number of unbranched alkanes of at least 4 members (excludes halogenated alkanes) is 2. The van der Waals surface area contributed by atoms with Crippen molar-refractivity contribution in [3.63, 3.8) is 0 Å². The molecule has 1 atom stereocenters. The van der Waals surface area contributed by atoms with Gasteiger partial charge in [-0.15, -0.1) is 0 Å². The number of benzene rings is 2. The van der Waals surface area contributed by atoms with Gasteiger partial charge in [0.25, 0.3) is 0 Å². The highest BCUT2D eigenvalue weighted by atomic mass is 19.2. The standard InChI is InChI=1S/C24H26F4O2/c1-3-5-6-7-16-9-8-15(14-30-16)17-10-11-18(22(26)21(17)25)19-12-13-20(29-4-2)24(28)23(19)27/h8,10-13,16H,3-7,9,14H2,1-2H3. The van der Waals surface area contributed by atoms with E-state index in [1.54, 1.807) is 6.92 Å². The molecule has 0 N–H and O–H groups in total. The number of halogens is 4. The lowest BCUT2D eigenvalue weighted by Crippen LogP contribution is -2.18. The van der Waals surface area contributed by atoms with Crippen LogP contribution in [-0.2, 0) is 4.74 Å². The molecule has 0 radical (unpaired) electrons. The summed E-state index contributed by atoms with van der Waals surface area (Å²) in [6.45, 7) is 4.12. The first kappa shape index (κ1) is 22.3. The molecule has 162 valence electrons. The third-order valence-electron chi connectivity index (χ3n) is 5.30. The number of hydrogen-bond donors (Lipinski definition) is 0. The molecule has 1 aliphatic heterocycles.